The van der Waals surface area contributed by atoms with Gasteiger partial charge in [0.2, 0.25) is 0 Å². The maximum absolute atomic E-state index is 12.1. The van der Waals surface area contributed by atoms with Gasteiger partial charge in [-0.3, -0.25) is 0 Å². The van der Waals surface area contributed by atoms with Crippen molar-refractivity contribution in [3.8, 4) is 11.5 Å². The summed E-state index contributed by atoms with van der Waals surface area (Å²) in [7, 11) is -4.28. The van der Waals surface area contributed by atoms with Crippen molar-refractivity contribution in [2.24, 2.45) is 0 Å². The average Bonchev–Trinajstić information content (AvgIpc) is 2.43. The quantitative estimate of drug-likeness (QED) is 0.369. The van der Waals surface area contributed by atoms with Crippen LogP contribution in [0, 0.1) is 0 Å². The molecule has 0 aliphatic rings. The zero-order valence-electron chi connectivity index (χ0n) is 11.1. The van der Waals surface area contributed by atoms with Crippen LogP contribution in [-0.4, -0.2) is 24.6 Å². The lowest BCUT2D eigenvalue weighted by atomic mass is 10.2. The Morgan fingerprint density at radius 3 is 2.32 bits per heavy atom. The van der Waals surface area contributed by atoms with Gasteiger partial charge >= 0.3 is 16.1 Å². The molecule has 0 atom stereocenters. The highest BCUT2D eigenvalue weighted by Gasteiger charge is 2.20. The molecule has 2 aromatic rings. The molecule has 8 nitrogen and oxygen atoms in total. The molecule has 0 saturated heterocycles. The van der Waals surface area contributed by atoms with Gasteiger partial charge in [0.05, 0.1) is 16.9 Å². The number of hydrogen-bond donors (Lipinski definition) is 4. The number of rotatable bonds is 4. The number of aromatic hydroxyl groups is 1. The zero-order valence-corrected chi connectivity index (χ0v) is 11.9. The molecule has 0 unspecified atom stereocenters. The number of anilines is 2. The Balaban J connectivity index is 2.42. The van der Waals surface area contributed by atoms with Crippen molar-refractivity contribution >= 4 is 27.5 Å². The number of nitrogen functional groups attached to an aromatic ring is 2. The van der Waals surface area contributed by atoms with Crippen LogP contribution in [0.3, 0.4) is 0 Å². The van der Waals surface area contributed by atoms with Crippen LogP contribution < -0.4 is 15.7 Å². The first-order valence-corrected chi connectivity index (χ1v) is 7.27. The van der Waals surface area contributed by atoms with Gasteiger partial charge in [-0.2, -0.15) is 8.42 Å². The fourth-order valence-electron chi connectivity index (χ4n) is 1.59. The van der Waals surface area contributed by atoms with Crippen molar-refractivity contribution in [1.29, 1.82) is 0 Å². The Hall–Kier alpha value is -2.94. The average molecular weight is 324 g/mol. The summed E-state index contributed by atoms with van der Waals surface area (Å²) < 4.78 is 29.1. The summed E-state index contributed by atoms with van der Waals surface area (Å²) in [6.07, 6.45) is 0. The minimum Gasteiger partial charge on any atom is -0.506 e. The molecule has 116 valence electrons. The topological polar surface area (TPSA) is 153 Å². The molecule has 0 heterocycles. The molecule has 2 rings (SSSR count). The number of nitrogens with two attached hydrogens (primary N) is 2. The van der Waals surface area contributed by atoms with Crippen LogP contribution >= 0.6 is 0 Å². The monoisotopic (exact) mass is 324 g/mol. The number of carboxylic acids is 1. The van der Waals surface area contributed by atoms with E-state index in [1.165, 1.54) is 12.1 Å². The molecule has 0 spiro atoms. The van der Waals surface area contributed by atoms with Crippen LogP contribution in [0.25, 0.3) is 0 Å². The van der Waals surface area contributed by atoms with Gasteiger partial charge in [-0.15, -0.1) is 0 Å². The zero-order chi connectivity index (χ0) is 16.5. The molecule has 0 amide bonds. The molecule has 2 aromatic carbocycles. The second kappa shape index (κ2) is 5.45. The number of aromatic carboxylic acids is 1. The summed E-state index contributed by atoms with van der Waals surface area (Å²) >= 11 is 0. The Kier molecular flexibility index (Phi) is 3.83. The van der Waals surface area contributed by atoms with E-state index in [9.17, 15) is 18.3 Å². The Bertz CT molecular complexity index is 848. The van der Waals surface area contributed by atoms with Gasteiger partial charge < -0.3 is 25.9 Å². The molecular formula is C13H12N2O6S. The summed E-state index contributed by atoms with van der Waals surface area (Å²) in [6.45, 7) is 0. The van der Waals surface area contributed by atoms with Gasteiger partial charge in [-0.05, 0) is 36.4 Å². The molecule has 6 N–H and O–H groups in total. The fraction of sp³-hybridized carbons (Fsp3) is 0. The van der Waals surface area contributed by atoms with Crippen LogP contribution in [0.2, 0.25) is 0 Å². The smallest absolute Gasteiger partial charge is 0.339 e. The predicted octanol–water partition coefficient (Wildman–Crippen LogP) is 1.02. The highest BCUT2D eigenvalue weighted by molar-refractivity contribution is 7.87. The van der Waals surface area contributed by atoms with E-state index in [1.807, 2.05) is 0 Å². The summed E-state index contributed by atoms with van der Waals surface area (Å²) in [5.74, 6) is -1.84. The van der Waals surface area contributed by atoms with Crippen molar-refractivity contribution in [3.63, 3.8) is 0 Å². The second-order valence-electron chi connectivity index (χ2n) is 4.32. The van der Waals surface area contributed by atoms with E-state index in [1.54, 1.807) is 0 Å². The van der Waals surface area contributed by atoms with Crippen LogP contribution in [0.1, 0.15) is 10.4 Å². The molecule has 0 aliphatic carbocycles. The molecule has 0 fully saturated rings. The standard InChI is InChI=1S/C13H12N2O6S/c14-9-3-1-7(13(17)18)5-12(9)21-22(19,20)8-2-4-11(16)10(15)6-8/h1-6,16H,14-15H2,(H,17,18). The molecule has 22 heavy (non-hydrogen) atoms. The summed E-state index contributed by atoms with van der Waals surface area (Å²) in [4.78, 5) is 10.6. The third-order valence-corrected chi connectivity index (χ3v) is 3.98. The van der Waals surface area contributed by atoms with E-state index in [0.29, 0.717) is 0 Å². The minimum absolute atomic E-state index is 0.0414. The largest absolute Gasteiger partial charge is 0.506 e. The maximum atomic E-state index is 12.1. The number of carbonyl (C=O) groups is 1. The van der Waals surface area contributed by atoms with Crippen molar-refractivity contribution < 1.29 is 27.6 Å². The Morgan fingerprint density at radius 1 is 1.05 bits per heavy atom. The first-order valence-electron chi connectivity index (χ1n) is 5.86. The van der Waals surface area contributed by atoms with Gasteiger partial charge in [-0.25, -0.2) is 4.79 Å². The summed E-state index contributed by atoms with van der Waals surface area (Å²) in [5.41, 5.74) is 10.7. The van der Waals surface area contributed by atoms with E-state index in [4.69, 9.17) is 20.8 Å². The van der Waals surface area contributed by atoms with Gasteiger partial charge in [0, 0.05) is 0 Å². The lowest BCUT2D eigenvalue weighted by Crippen LogP contribution is -2.12. The first kappa shape index (κ1) is 15.4. The molecule has 0 bridgehead atoms. The van der Waals surface area contributed by atoms with E-state index in [0.717, 1.165) is 24.3 Å². The Morgan fingerprint density at radius 2 is 1.73 bits per heavy atom. The van der Waals surface area contributed by atoms with Gasteiger partial charge in [0.1, 0.15) is 10.6 Å². The van der Waals surface area contributed by atoms with Crippen molar-refractivity contribution in [1.82, 2.24) is 0 Å². The normalized spacial score (nSPS) is 11.1. The van der Waals surface area contributed by atoms with Gasteiger partial charge in [0.15, 0.2) is 5.75 Å². The number of phenols is 1. The summed E-state index contributed by atoms with van der Waals surface area (Å²) in [5, 5.41) is 18.2. The maximum Gasteiger partial charge on any atom is 0.339 e. The molecular weight excluding hydrogens is 312 g/mol. The summed E-state index contributed by atoms with van der Waals surface area (Å²) in [6, 6.07) is 6.65. The van der Waals surface area contributed by atoms with Crippen LogP contribution in [0.4, 0.5) is 11.4 Å². The Labute approximate surface area is 125 Å². The van der Waals surface area contributed by atoms with E-state index >= 15 is 0 Å². The lowest BCUT2D eigenvalue weighted by molar-refractivity contribution is 0.0696. The van der Waals surface area contributed by atoms with Crippen molar-refractivity contribution in [3.05, 3.63) is 42.0 Å². The predicted molar refractivity (Wildman–Crippen MR) is 78.1 cm³/mol. The third-order valence-electron chi connectivity index (χ3n) is 2.75. The van der Waals surface area contributed by atoms with Crippen LogP contribution in [0.15, 0.2) is 41.3 Å². The van der Waals surface area contributed by atoms with E-state index in [-0.39, 0.29) is 33.3 Å². The van der Waals surface area contributed by atoms with E-state index in [2.05, 4.69) is 0 Å². The molecule has 0 radical (unpaired) electrons. The number of benzene rings is 2. The highest BCUT2D eigenvalue weighted by atomic mass is 32.2. The van der Waals surface area contributed by atoms with Crippen LogP contribution in [-0.2, 0) is 10.1 Å². The first-order chi connectivity index (χ1) is 10.2. The molecule has 0 saturated carbocycles. The van der Waals surface area contributed by atoms with Gasteiger partial charge in [0.25, 0.3) is 0 Å². The molecule has 9 heteroatoms. The highest BCUT2D eigenvalue weighted by Crippen LogP contribution is 2.29. The number of phenolic OH excluding ortho intramolecular Hbond substituents is 1. The number of carboxylic acid groups (broad SMARTS) is 1. The van der Waals surface area contributed by atoms with Crippen LogP contribution in [0.5, 0.6) is 11.5 Å². The second-order valence-corrected chi connectivity index (χ2v) is 5.86. The fourth-order valence-corrected chi connectivity index (χ4v) is 2.58. The third kappa shape index (κ3) is 3.04. The molecule has 0 aromatic heterocycles. The molecule has 0 aliphatic heterocycles. The van der Waals surface area contributed by atoms with Crippen molar-refractivity contribution in [2.45, 2.75) is 4.90 Å². The van der Waals surface area contributed by atoms with E-state index < -0.39 is 16.1 Å². The van der Waals surface area contributed by atoms with Gasteiger partial charge in [-0.1, -0.05) is 0 Å². The minimum atomic E-state index is -4.28. The lowest BCUT2D eigenvalue weighted by Gasteiger charge is -2.10. The number of hydrogen-bond acceptors (Lipinski definition) is 7. The SMILES string of the molecule is Nc1cc(S(=O)(=O)Oc2cc(C(=O)O)ccc2N)ccc1O. The van der Waals surface area contributed by atoms with Crippen molar-refractivity contribution in [2.75, 3.05) is 11.5 Å².